The fourth-order valence-electron chi connectivity index (χ4n) is 2.90. The maximum atomic E-state index is 12.0. The third kappa shape index (κ3) is 2.98. The molecule has 1 aliphatic carbocycles. The molecule has 3 heteroatoms. The summed E-state index contributed by atoms with van der Waals surface area (Å²) in [5.74, 6) is -0.178. The Morgan fingerprint density at radius 3 is 2.32 bits per heavy atom. The third-order valence-corrected chi connectivity index (χ3v) is 4.35. The summed E-state index contributed by atoms with van der Waals surface area (Å²) < 4.78 is 5.59. The molecule has 3 nitrogen and oxygen atoms in total. The lowest BCUT2D eigenvalue weighted by atomic mass is 9.90. The number of nitrogens with zero attached hydrogens (tertiary/aromatic N) is 1. The van der Waals surface area contributed by atoms with Gasteiger partial charge in [0, 0.05) is 19.1 Å². The molecule has 0 aromatic heterocycles. The van der Waals surface area contributed by atoms with Crippen molar-refractivity contribution in [3.05, 3.63) is 35.9 Å². The van der Waals surface area contributed by atoms with Crippen LogP contribution in [0.25, 0.3) is 0 Å². The van der Waals surface area contributed by atoms with Crippen LogP contribution in [0.4, 0.5) is 0 Å². The molecule has 0 amide bonds. The number of carbonyl (C=O) groups excluding carboxylic acids is 1. The van der Waals surface area contributed by atoms with Crippen molar-refractivity contribution in [1.82, 2.24) is 4.90 Å². The molecule has 0 spiro atoms. The summed E-state index contributed by atoms with van der Waals surface area (Å²) in [7, 11) is 0. The van der Waals surface area contributed by atoms with Gasteiger partial charge in [0.25, 0.3) is 0 Å². The van der Waals surface area contributed by atoms with E-state index in [9.17, 15) is 4.79 Å². The minimum atomic E-state index is -0.178. The zero-order chi connectivity index (χ0) is 13.1. The third-order valence-electron chi connectivity index (χ3n) is 4.35. The Morgan fingerprint density at radius 1 is 1.05 bits per heavy atom. The maximum absolute atomic E-state index is 12.0. The van der Waals surface area contributed by atoms with E-state index in [0.717, 1.165) is 32.0 Å². The van der Waals surface area contributed by atoms with Crippen molar-refractivity contribution in [2.24, 2.45) is 0 Å². The van der Waals surface area contributed by atoms with Gasteiger partial charge >= 0.3 is 5.97 Å². The standard InChI is InChI=1S/C16H21NO2/c18-16(13-5-2-1-3-6-13)19-15-9-11-17(12-10-15)14-7-4-8-14/h1-3,5-6,14-15H,4,7-12H2. The van der Waals surface area contributed by atoms with E-state index in [1.165, 1.54) is 19.3 Å². The second-order valence-electron chi connectivity index (χ2n) is 5.59. The predicted molar refractivity (Wildman–Crippen MR) is 74.1 cm³/mol. The van der Waals surface area contributed by atoms with E-state index in [1.807, 2.05) is 30.3 Å². The van der Waals surface area contributed by atoms with Crippen LogP contribution in [0.1, 0.15) is 42.5 Å². The monoisotopic (exact) mass is 259 g/mol. The number of hydrogen-bond acceptors (Lipinski definition) is 3. The molecule has 1 saturated heterocycles. The van der Waals surface area contributed by atoms with Crippen molar-refractivity contribution < 1.29 is 9.53 Å². The molecule has 1 heterocycles. The number of benzene rings is 1. The molecule has 1 aromatic rings. The van der Waals surface area contributed by atoms with Crippen LogP contribution in [0, 0.1) is 0 Å². The number of ether oxygens (including phenoxy) is 1. The average Bonchev–Trinajstić information content (AvgIpc) is 2.40. The second kappa shape index (κ2) is 5.74. The molecular formula is C16H21NO2. The van der Waals surface area contributed by atoms with Crippen molar-refractivity contribution >= 4 is 5.97 Å². The van der Waals surface area contributed by atoms with Crippen LogP contribution in [0.5, 0.6) is 0 Å². The predicted octanol–water partition coefficient (Wildman–Crippen LogP) is 2.86. The first-order valence-corrected chi connectivity index (χ1v) is 7.33. The number of rotatable bonds is 3. The van der Waals surface area contributed by atoms with Crippen LogP contribution in [-0.2, 0) is 4.74 Å². The van der Waals surface area contributed by atoms with Crippen LogP contribution in [0.3, 0.4) is 0 Å². The van der Waals surface area contributed by atoms with Gasteiger partial charge in [0.2, 0.25) is 0 Å². The Balaban J connectivity index is 1.48. The van der Waals surface area contributed by atoms with E-state index >= 15 is 0 Å². The van der Waals surface area contributed by atoms with Gasteiger partial charge in [-0.05, 0) is 37.8 Å². The number of esters is 1. The fourth-order valence-corrected chi connectivity index (χ4v) is 2.90. The molecule has 0 radical (unpaired) electrons. The summed E-state index contributed by atoms with van der Waals surface area (Å²) in [5, 5.41) is 0. The lowest BCUT2D eigenvalue weighted by molar-refractivity contribution is -0.000849. The van der Waals surface area contributed by atoms with E-state index in [0.29, 0.717) is 5.56 Å². The number of likely N-dealkylation sites (tertiary alicyclic amines) is 1. The van der Waals surface area contributed by atoms with Crippen molar-refractivity contribution in [2.75, 3.05) is 13.1 Å². The van der Waals surface area contributed by atoms with Crippen molar-refractivity contribution in [2.45, 2.75) is 44.2 Å². The zero-order valence-corrected chi connectivity index (χ0v) is 11.3. The van der Waals surface area contributed by atoms with Crippen molar-refractivity contribution in [3.8, 4) is 0 Å². The van der Waals surface area contributed by atoms with E-state index in [4.69, 9.17) is 4.74 Å². The van der Waals surface area contributed by atoms with Crippen LogP contribution < -0.4 is 0 Å². The molecule has 1 saturated carbocycles. The number of piperidine rings is 1. The summed E-state index contributed by atoms with van der Waals surface area (Å²) in [6, 6.07) is 10.1. The average molecular weight is 259 g/mol. The largest absolute Gasteiger partial charge is 0.459 e. The van der Waals surface area contributed by atoms with Crippen molar-refractivity contribution in [1.29, 1.82) is 0 Å². The second-order valence-corrected chi connectivity index (χ2v) is 5.59. The highest BCUT2D eigenvalue weighted by Crippen LogP contribution is 2.28. The summed E-state index contributed by atoms with van der Waals surface area (Å²) in [6.45, 7) is 2.16. The molecule has 2 aliphatic rings. The molecule has 1 aliphatic heterocycles. The Kier molecular flexibility index (Phi) is 3.83. The van der Waals surface area contributed by atoms with Crippen LogP contribution in [0.2, 0.25) is 0 Å². The zero-order valence-electron chi connectivity index (χ0n) is 11.3. The van der Waals surface area contributed by atoms with Crippen LogP contribution in [0.15, 0.2) is 30.3 Å². The Morgan fingerprint density at radius 2 is 1.74 bits per heavy atom. The molecular weight excluding hydrogens is 238 g/mol. The van der Waals surface area contributed by atoms with Gasteiger partial charge in [0.15, 0.2) is 0 Å². The minimum absolute atomic E-state index is 0.101. The molecule has 3 rings (SSSR count). The fraction of sp³-hybridized carbons (Fsp3) is 0.562. The molecule has 19 heavy (non-hydrogen) atoms. The van der Waals surface area contributed by atoms with Gasteiger partial charge in [-0.25, -0.2) is 4.79 Å². The highest BCUT2D eigenvalue weighted by Gasteiger charge is 2.29. The molecule has 102 valence electrons. The summed E-state index contributed by atoms with van der Waals surface area (Å²) in [6.07, 6.45) is 6.16. The van der Waals surface area contributed by atoms with Gasteiger partial charge < -0.3 is 9.64 Å². The van der Waals surface area contributed by atoms with Gasteiger partial charge in [-0.2, -0.15) is 0 Å². The van der Waals surface area contributed by atoms with Gasteiger partial charge in [-0.3, -0.25) is 0 Å². The Bertz CT molecular complexity index is 420. The molecule has 0 bridgehead atoms. The first-order chi connectivity index (χ1) is 9.33. The number of carbonyl (C=O) groups is 1. The van der Waals surface area contributed by atoms with E-state index < -0.39 is 0 Å². The number of hydrogen-bond donors (Lipinski definition) is 0. The molecule has 0 atom stereocenters. The quantitative estimate of drug-likeness (QED) is 0.782. The lowest BCUT2D eigenvalue weighted by Crippen LogP contribution is -2.46. The first kappa shape index (κ1) is 12.7. The lowest BCUT2D eigenvalue weighted by Gasteiger charge is -2.41. The summed E-state index contributed by atoms with van der Waals surface area (Å²) in [4.78, 5) is 14.5. The van der Waals surface area contributed by atoms with E-state index in [-0.39, 0.29) is 12.1 Å². The molecule has 0 N–H and O–H groups in total. The summed E-state index contributed by atoms with van der Waals surface area (Å²) >= 11 is 0. The maximum Gasteiger partial charge on any atom is 0.338 e. The van der Waals surface area contributed by atoms with Gasteiger partial charge in [-0.15, -0.1) is 0 Å². The SMILES string of the molecule is O=C(OC1CCN(C2CCC2)CC1)c1ccccc1. The van der Waals surface area contributed by atoms with E-state index in [2.05, 4.69) is 4.90 Å². The van der Waals surface area contributed by atoms with Crippen LogP contribution in [-0.4, -0.2) is 36.1 Å². The van der Waals surface area contributed by atoms with Gasteiger partial charge in [0.05, 0.1) is 5.56 Å². The van der Waals surface area contributed by atoms with Gasteiger partial charge in [0.1, 0.15) is 6.10 Å². The van der Waals surface area contributed by atoms with Crippen molar-refractivity contribution in [3.63, 3.8) is 0 Å². The van der Waals surface area contributed by atoms with Crippen LogP contribution >= 0.6 is 0 Å². The van der Waals surface area contributed by atoms with Gasteiger partial charge in [-0.1, -0.05) is 24.6 Å². The molecule has 0 unspecified atom stereocenters. The topological polar surface area (TPSA) is 29.5 Å². The highest BCUT2D eigenvalue weighted by molar-refractivity contribution is 5.89. The Labute approximate surface area is 114 Å². The van der Waals surface area contributed by atoms with E-state index in [1.54, 1.807) is 0 Å². The minimum Gasteiger partial charge on any atom is -0.459 e. The smallest absolute Gasteiger partial charge is 0.338 e. The molecule has 1 aromatic carbocycles. The summed E-state index contributed by atoms with van der Waals surface area (Å²) in [5.41, 5.74) is 0.656. The first-order valence-electron chi connectivity index (χ1n) is 7.33. The molecule has 2 fully saturated rings. The highest BCUT2D eigenvalue weighted by atomic mass is 16.5. The normalized spacial score (nSPS) is 21.9. The Hall–Kier alpha value is -1.35.